The van der Waals surface area contributed by atoms with E-state index in [0.29, 0.717) is 50.1 Å². The maximum absolute atomic E-state index is 12.9. The molecule has 122 valence electrons. The largest absolute Gasteiger partial charge is 0.299 e. The Morgan fingerprint density at radius 3 is 2.24 bits per heavy atom. The van der Waals surface area contributed by atoms with E-state index >= 15 is 0 Å². The molecule has 0 saturated carbocycles. The van der Waals surface area contributed by atoms with Crippen LogP contribution in [0.4, 0.5) is 0 Å². The van der Waals surface area contributed by atoms with Crippen molar-refractivity contribution in [2.24, 2.45) is 5.92 Å². The second-order valence-corrected chi connectivity index (χ2v) is 8.94. The normalized spacial score (nSPS) is 34.2. The van der Waals surface area contributed by atoms with Gasteiger partial charge in [-0.1, -0.05) is 0 Å². The molecule has 3 aliphatic rings. The summed E-state index contributed by atoms with van der Waals surface area (Å²) in [5, 5.41) is 0. The maximum atomic E-state index is 12.9. The van der Waals surface area contributed by atoms with Gasteiger partial charge in [0.25, 0.3) is 10.2 Å². The summed E-state index contributed by atoms with van der Waals surface area (Å²) in [6.45, 7) is 2.58. The zero-order valence-electron chi connectivity index (χ0n) is 12.7. The molecule has 3 rings (SSSR count). The highest BCUT2D eigenvalue weighted by Gasteiger charge is 2.40. The molecule has 0 N–H and O–H groups in total. The van der Waals surface area contributed by atoms with Gasteiger partial charge < -0.3 is 0 Å². The van der Waals surface area contributed by atoms with Crippen molar-refractivity contribution in [2.75, 3.05) is 39.1 Å². The van der Waals surface area contributed by atoms with Gasteiger partial charge in [0.2, 0.25) is 0 Å². The molecule has 3 saturated heterocycles. The molecular weight excluding hydrogens is 310 g/mol. The van der Waals surface area contributed by atoms with Gasteiger partial charge in [-0.2, -0.15) is 17.0 Å². The van der Waals surface area contributed by atoms with E-state index in [2.05, 4.69) is 11.9 Å². The Morgan fingerprint density at radius 1 is 0.952 bits per heavy atom. The van der Waals surface area contributed by atoms with Gasteiger partial charge in [-0.3, -0.25) is 4.90 Å². The van der Waals surface area contributed by atoms with Crippen molar-refractivity contribution in [3.8, 4) is 0 Å². The number of halogens is 1. The van der Waals surface area contributed by atoms with E-state index in [0.717, 1.165) is 25.7 Å². The molecule has 5 nitrogen and oxygen atoms in total. The van der Waals surface area contributed by atoms with E-state index in [1.54, 1.807) is 8.61 Å². The zero-order valence-corrected chi connectivity index (χ0v) is 14.3. The predicted molar refractivity (Wildman–Crippen MR) is 84.7 cm³/mol. The topological polar surface area (TPSA) is 43.9 Å². The minimum Gasteiger partial charge on any atom is -0.299 e. The Hall–Kier alpha value is 0.120. The van der Waals surface area contributed by atoms with Crippen LogP contribution in [0.3, 0.4) is 0 Å². The first-order valence-corrected chi connectivity index (χ1v) is 9.98. The molecule has 2 bridgehead atoms. The highest BCUT2D eigenvalue weighted by molar-refractivity contribution is 7.86. The van der Waals surface area contributed by atoms with Crippen molar-refractivity contribution in [1.82, 2.24) is 13.5 Å². The van der Waals surface area contributed by atoms with Crippen LogP contribution in [0, 0.1) is 5.92 Å². The third kappa shape index (κ3) is 3.11. The summed E-state index contributed by atoms with van der Waals surface area (Å²) in [4.78, 5) is 2.38. The Morgan fingerprint density at radius 2 is 1.57 bits per heavy atom. The van der Waals surface area contributed by atoms with Crippen LogP contribution in [-0.4, -0.2) is 73.1 Å². The fourth-order valence-corrected chi connectivity index (χ4v) is 5.95. The van der Waals surface area contributed by atoms with Crippen LogP contribution in [-0.2, 0) is 10.2 Å². The molecule has 21 heavy (non-hydrogen) atoms. The van der Waals surface area contributed by atoms with Gasteiger partial charge >= 0.3 is 0 Å². The van der Waals surface area contributed by atoms with E-state index in [9.17, 15) is 8.42 Å². The molecule has 0 aromatic heterocycles. The van der Waals surface area contributed by atoms with Crippen LogP contribution in [0.15, 0.2) is 0 Å². The molecule has 0 spiro atoms. The summed E-state index contributed by atoms with van der Waals surface area (Å²) in [5.74, 6) is 1.12. The van der Waals surface area contributed by atoms with E-state index in [4.69, 9.17) is 11.6 Å². The average molecular weight is 336 g/mol. The van der Waals surface area contributed by atoms with Crippen LogP contribution >= 0.6 is 11.6 Å². The van der Waals surface area contributed by atoms with Crippen molar-refractivity contribution < 1.29 is 8.42 Å². The number of hydrogen-bond acceptors (Lipinski definition) is 3. The fraction of sp³-hybridized carbons (Fsp3) is 1.00. The van der Waals surface area contributed by atoms with Crippen molar-refractivity contribution in [1.29, 1.82) is 0 Å². The minimum absolute atomic E-state index is 0.396. The first kappa shape index (κ1) is 16.0. The lowest BCUT2D eigenvalue weighted by Gasteiger charge is -2.35. The van der Waals surface area contributed by atoms with Gasteiger partial charge in [-0.15, -0.1) is 11.6 Å². The van der Waals surface area contributed by atoms with E-state index < -0.39 is 10.2 Å². The van der Waals surface area contributed by atoms with Gasteiger partial charge in [0.05, 0.1) is 0 Å². The van der Waals surface area contributed by atoms with Crippen molar-refractivity contribution in [3.63, 3.8) is 0 Å². The van der Waals surface area contributed by atoms with E-state index in [-0.39, 0.29) is 0 Å². The van der Waals surface area contributed by atoms with Crippen LogP contribution in [0.2, 0.25) is 0 Å². The lowest BCUT2D eigenvalue weighted by molar-refractivity contribution is 0.238. The standard InChI is InChI=1S/C14H26ClN3O2S/c1-16-13-2-3-14(16)11-18(9-6-13)21(19,20)17-7-4-12(10-15)5-8-17/h12-14H,2-11H2,1H3. The number of piperidine rings is 1. The predicted octanol–water partition coefficient (Wildman–Crippen LogP) is 1.35. The first-order valence-electron chi connectivity index (χ1n) is 8.05. The quantitative estimate of drug-likeness (QED) is 0.731. The summed E-state index contributed by atoms with van der Waals surface area (Å²) in [6, 6.07) is 0.963. The number of hydrogen-bond donors (Lipinski definition) is 0. The van der Waals surface area contributed by atoms with Crippen LogP contribution in [0.25, 0.3) is 0 Å². The Labute approximate surface area is 133 Å². The third-order valence-electron chi connectivity index (χ3n) is 5.56. The van der Waals surface area contributed by atoms with Gasteiger partial charge in [0, 0.05) is 44.1 Å². The van der Waals surface area contributed by atoms with Gasteiger partial charge in [-0.25, -0.2) is 0 Å². The maximum Gasteiger partial charge on any atom is 0.282 e. The number of alkyl halides is 1. The molecule has 0 aromatic rings. The molecule has 3 fully saturated rings. The third-order valence-corrected chi connectivity index (χ3v) is 7.99. The highest BCUT2D eigenvalue weighted by Crippen LogP contribution is 2.31. The highest BCUT2D eigenvalue weighted by atomic mass is 35.5. The molecule has 0 aromatic carbocycles. The first-order chi connectivity index (χ1) is 10.0. The smallest absolute Gasteiger partial charge is 0.282 e. The number of fused-ring (bicyclic) bond motifs is 2. The van der Waals surface area contributed by atoms with Crippen LogP contribution in [0.5, 0.6) is 0 Å². The van der Waals surface area contributed by atoms with Crippen LogP contribution in [0.1, 0.15) is 32.1 Å². The molecule has 2 atom stereocenters. The van der Waals surface area contributed by atoms with Gasteiger partial charge in [0.1, 0.15) is 0 Å². The van der Waals surface area contributed by atoms with Crippen molar-refractivity contribution in [2.45, 2.75) is 44.2 Å². The Balaban J connectivity index is 1.68. The Kier molecular flexibility index (Phi) is 4.81. The fourth-order valence-electron chi connectivity index (χ4n) is 3.94. The summed E-state index contributed by atoms with van der Waals surface area (Å²) in [5.41, 5.74) is 0. The van der Waals surface area contributed by atoms with Gasteiger partial charge in [-0.05, 0) is 45.1 Å². The molecule has 3 aliphatic heterocycles. The molecule has 7 heteroatoms. The summed E-state index contributed by atoms with van der Waals surface area (Å²) in [6.07, 6.45) is 5.09. The zero-order chi connectivity index (χ0) is 15.0. The Bertz CT molecular complexity index is 465. The molecule has 0 amide bonds. The molecular formula is C14H26ClN3O2S. The van der Waals surface area contributed by atoms with Gasteiger partial charge in [0.15, 0.2) is 0 Å². The molecule has 2 unspecified atom stereocenters. The summed E-state index contributed by atoms with van der Waals surface area (Å²) in [7, 11) is -1.15. The van der Waals surface area contributed by atoms with E-state index in [1.165, 1.54) is 6.42 Å². The average Bonchev–Trinajstić information content (AvgIpc) is 2.71. The minimum atomic E-state index is -3.29. The number of likely N-dealkylation sites (N-methyl/N-ethyl adjacent to an activating group) is 1. The van der Waals surface area contributed by atoms with Crippen molar-refractivity contribution in [3.05, 3.63) is 0 Å². The van der Waals surface area contributed by atoms with E-state index in [1.807, 2.05) is 0 Å². The molecule has 3 heterocycles. The lowest BCUT2D eigenvalue weighted by Crippen LogP contribution is -2.49. The van der Waals surface area contributed by atoms with Crippen molar-refractivity contribution >= 4 is 21.8 Å². The summed E-state index contributed by atoms with van der Waals surface area (Å²) < 4.78 is 29.1. The SMILES string of the molecule is CN1C2CCC1CN(S(=O)(=O)N1CCC(CCl)CC1)CC2. The second kappa shape index (κ2) is 6.32. The summed E-state index contributed by atoms with van der Waals surface area (Å²) >= 11 is 5.89. The number of nitrogens with zero attached hydrogens (tertiary/aromatic N) is 3. The molecule has 0 aliphatic carbocycles. The number of rotatable bonds is 3. The molecule has 0 radical (unpaired) electrons. The lowest BCUT2D eigenvalue weighted by atomic mass is 10.0. The second-order valence-electron chi connectivity index (χ2n) is 6.70. The monoisotopic (exact) mass is 335 g/mol. The van der Waals surface area contributed by atoms with Crippen LogP contribution < -0.4 is 0 Å².